The van der Waals surface area contributed by atoms with Crippen molar-refractivity contribution in [3.63, 3.8) is 0 Å². The molecule has 0 saturated carbocycles. The van der Waals surface area contributed by atoms with Crippen LogP contribution in [0.1, 0.15) is 11.1 Å². The van der Waals surface area contributed by atoms with Crippen molar-refractivity contribution in [3.05, 3.63) is 114 Å². The molecule has 0 spiro atoms. The summed E-state index contributed by atoms with van der Waals surface area (Å²) in [5, 5.41) is 4.43. The average molecular weight is 439 g/mol. The van der Waals surface area contributed by atoms with Gasteiger partial charge in [0.2, 0.25) is 0 Å². The van der Waals surface area contributed by atoms with Gasteiger partial charge in [-0.05, 0) is 23.6 Å². The van der Waals surface area contributed by atoms with Gasteiger partial charge in [0.05, 0.1) is 23.1 Å². The Morgan fingerprint density at radius 2 is 1.32 bits per heavy atom. The number of nitrogen functional groups attached to an aromatic ring is 1. The van der Waals surface area contributed by atoms with E-state index in [-0.39, 0.29) is 6.04 Å². The van der Waals surface area contributed by atoms with Crippen molar-refractivity contribution in [3.8, 4) is 0 Å². The van der Waals surface area contributed by atoms with Gasteiger partial charge in [-0.2, -0.15) is 0 Å². The average Bonchev–Trinajstić information content (AvgIpc) is 2.88. The fourth-order valence-electron chi connectivity index (χ4n) is 5.42. The minimum absolute atomic E-state index is 0.145. The van der Waals surface area contributed by atoms with E-state index in [0.29, 0.717) is 0 Å². The van der Waals surface area contributed by atoms with Gasteiger partial charge in [0.1, 0.15) is 0 Å². The Labute approximate surface area is 197 Å². The third kappa shape index (κ3) is 2.57. The number of rotatable bonds is 1. The molecule has 4 N–H and O–H groups in total. The Hall–Kier alpha value is -4.57. The molecule has 2 aliphatic rings. The van der Waals surface area contributed by atoms with Gasteiger partial charge in [0, 0.05) is 44.4 Å². The smallest absolute Gasteiger partial charge is 0.0976 e. The fraction of sp³-hybridized carbons (Fsp3) is 0.0333. The van der Waals surface area contributed by atoms with Crippen molar-refractivity contribution in [1.82, 2.24) is 0 Å². The highest BCUT2D eigenvalue weighted by Crippen LogP contribution is 2.49. The van der Waals surface area contributed by atoms with Gasteiger partial charge in [0.25, 0.3) is 0 Å². The predicted octanol–water partition coefficient (Wildman–Crippen LogP) is 6.53. The van der Waals surface area contributed by atoms with Crippen LogP contribution in [0.15, 0.2) is 108 Å². The van der Waals surface area contributed by atoms with Crippen molar-refractivity contribution < 1.29 is 0 Å². The van der Waals surface area contributed by atoms with E-state index in [0.717, 1.165) is 56.1 Å². The number of nitrogens with two attached hydrogens (primary N) is 2. The Morgan fingerprint density at radius 1 is 0.647 bits per heavy atom. The summed E-state index contributed by atoms with van der Waals surface area (Å²) in [4.78, 5) is 7.64. The summed E-state index contributed by atoms with van der Waals surface area (Å²) in [7, 11) is 0. The molecular formula is C30H22N4. The van der Waals surface area contributed by atoms with Crippen LogP contribution in [0.4, 0.5) is 22.7 Å². The maximum Gasteiger partial charge on any atom is 0.0976 e. The molecule has 1 heterocycles. The van der Waals surface area contributed by atoms with Crippen LogP contribution in [0.25, 0.3) is 27.2 Å². The Morgan fingerprint density at radius 3 is 2.18 bits per heavy atom. The Balaban J connectivity index is 1.62. The number of hydrogen-bond donors (Lipinski definition) is 2. The van der Waals surface area contributed by atoms with E-state index in [9.17, 15) is 0 Å². The molecule has 0 aromatic heterocycles. The molecule has 0 radical (unpaired) electrons. The van der Waals surface area contributed by atoms with Crippen molar-refractivity contribution in [2.75, 3.05) is 10.6 Å². The first-order chi connectivity index (χ1) is 16.7. The third-order valence-corrected chi connectivity index (χ3v) is 6.96. The molecule has 7 rings (SSSR count). The number of fused-ring (bicyclic) bond motifs is 7. The highest BCUT2D eigenvalue weighted by molar-refractivity contribution is 6.21. The lowest BCUT2D eigenvalue weighted by Gasteiger charge is -2.40. The van der Waals surface area contributed by atoms with Crippen LogP contribution in [0, 0.1) is 0 Å². The van der Waals surface area contributed by atoms with Gasteiger partial charge in [0.15, 0.2) is 0 Å². The van der Waals surface area contributed by atoms with Crippen molar-refractivity contribution in [2.45, 2.75) is 6.04 Å². The highest BCUT2D eigenvalue weighted by atomic mass is 15.2. The third-order valence-electron chi connectivity index (χ3n) is 6.96. The second kappa shape index (κ2) is 6.96. The molecule has 0 bridgehead atoms. The van der Waals surface area contributed by atoms with E-state index >= 15 is 0 Å². The van der Waals surface area contributed by atoms with E-state index in [2.05, 4.69) is 89.8 Å². The monoisotopic (exact) mass is 438 g/mol. The molecule has 34 heavy (non-hydrogen) atoms. The van der Waals surface area contributed by atoms with Gasteiger partial charge in [-0.25, -0.2) is 4.99 Å². The van der Waals surface area contributed by atoms with Gasteiger partial charge in [-0.3, -0.25) is 0 Å². The molecule has 4 nitrogen and oxygen atoms in total. The van der Waals surface area contributed by atoms with Crippen LogP contribution in [0.2, 0.25) is 0 Å². The summed E-state index contributed by atoms with van der Waals surface area (Å²) >= 11 is 0. The van der Waals surface area contributed by atoms with Crippen LogP contribution >= 0.6 is 0 Å². The minimum atomic E-state index is -0.145. The molecule has 1 aliphatic carbocycles. The number of hydrogen-bond acceptors (Lipinski definition) is 4. The van der Waals surface area contributed by atoms with Crippen LogP contribution in [-0.4, -0.2) is 11.8 Å². The molecule has 0 saturated heterocycles. The number of nitrogens with zero attached hydrogens (tertiary/aromatic N) is 2. The van der Waals surface area contributed by atoms with Crippen molar-refractivity contribution in [2.24, 2.45) is 10.7 Å². The molecule has 1 unspecified atom stereocenters. The van der Waals surface area contributed by atoms with Crippen LogP contribution < -0.4 is 16.4 Å². The summed E-state index contributed by atoms with van der Waals surface area (Å²) in [6.07, 6.45) is 2.12. The van der Waals surface area contributed by atoms with E-state index in [1.807, 2.05) is 18.2 Å². The molecule has 0 fully saturated rings. The second-order valence-corrected chi connectivity index (χ2v) is 8.86. The maximum absolute atomic E-state index is 6.60. The molecule has 0 amide bonds. The number of benzene rings is 5. The molecule has 162 valence electrons. The summed E-state index contributed by atoms with van der Waals surface area (Å²) in [5.41, 5.74) is 20.8. The minimum Gasteiger partial charge on any atom is -0.398 e. The topological polar surface area (TPSA) is 67.6 Å². The number of anilines is 3. The second-order valence-electron chi connectivity index (χ2n) is 8.86. The highest BCUT2D eigenvalue weighted by Gasteiger charge is 2.36. The van der Waals surface area contributed by atoms with E-state index in [4.69, 9.17) is 16.5 Å². The lowest BCUT2D eigenvalue weighted by molar-refractivity contribution is 0.961. The van der Waals surface area contributed by atoms with E-state index < -0.39 is 0 Å². The zero-order chi connectivity index (χ0) is 22.8. The Kier molecular flexibility index (Phi) is 3.88. The molecule has 1 atom stereocenters. The standard InChI is InChI=1S/C30H22N4/c31-24-16-27-29(22-13-5-3-11-20(22)24)33-30-23-14-6-4-12-21(23)25(32)17-28(30)34(27)26-15-7-9-18-8-1-2-10-19(18)26/h1-17,27H,31-32H2. The first-order valence-corrected chi connectivity index (χ1v) is 11.4. The molecule has 5 aromatic carbocycles. The summed E-state index contributed by atoms with van der Waals surface area (Å²) in [6, 6.07) is 33.3. The number of aliphatic imine (C=N–C) groups is 1. The maximum atomic E-state index is 6.60. The van der Waals surface area contributed by atoms with Crippen LogP contribution in [0.3, 0.4) is 0 Å². The lowest BCUT2D eigenvalue weighted by atomic mass is 9.86. The van der Waals surface area contributed by atoms with Crippen LogP contribution in [-0.2, 0) is 0 Å². The van der Waals surface area contributed by atoms with Crippen molar-refractivity contribution >= 4 is 55.7 Å². The molecule has 5 aromatic rings. The van der Waals surface area contributed by atoms with Gasteiger partial charge < -0.3 is 16.4 Å². The van der Waals surface area contributed by atoms with E-state index in [1.165, 1.54) is 10.8 Å². The largest absolute Gasteiger partial charge is 0.398 e. The zero-order valence-corrected chi connectivity index (χ0v) is 18.4. The zero-order valence-electron chi connectivity index (χ0n) is 18.4. The summed E-state index contributed by atoms with van der Waals surface area (Å²) in [6.45, 7) is 0. The van der Waals surface area contributed by atoms with E-state index in [1.54, 1.807) is 0 Å². The summed E-state index contributed by atoms with van der Waals surface area (Å²) in [5.74, 6) is 0. The SMILES string of the molecule is NC1=CC2C(=Nc3c(cc(N)c4ccccc34)N2c2cccc3ccccc23)c2ccccc21. The normalized spacial score (nSPS) is 16.5. The molecule has 1 aliphatic heterocycles. The van der Waals surface area contributed by atoms with Crippen molar-refractivity contribution in [1.29, 1.82) is 0 Å². The van der Waals surface area contributed by atoms with Crippen LogP contribution in [0.5, 0.6) is 0 Å². The lowest BCUT2D eigenvalue weighted by Crippen LogP contribution is -2.42. The quantitative estimate of drug-likeness (QED) is 0.292. The molecule has 4 heteroatoms. The van der Waals surface area contributed by atoms with Gasteiger partial charge in [-0.1, -0.05) is 84.9 Å². The first kappa shape index (κ1) is 18.9. The predicted molar refractivity (Wildman–Crippen MR) is 143 cm³/mol. The molecular weight excluding hydrogens is 416 g/mol. The summed E-state index contributed by atoms with van der Waals surface area (Å²) < 4.78 is 0. The Bertz CT molecular complexity index is 1690. The van der Waals surface area contributed by atoms with Gasteiger partial charge in [-0.15, -0.1) is 0 Å². The fourth-order valence-corrected chi connectivity index (χ4v) is 5.42. The first-order valence-electron chi connectivity index (χ1n) is 11.4. The van der Waals surface area contributed by atoms with Gasteiger partial charge >= 0.3 is 0 Å².